The molecular formula is C10H23NO. The van der Waals surface area contributed by atoms with Crippen molar-refractivity contribution in [2.75, 3.05) is 6.54 Å². The van der Waals surface area contributed by atoms with E-state index < -0.39 is 0 Å². The van der Waals surface area contributed by atoms with Crippen LogP contribution >= 0.6 is 0 Å². The summed E-state index contributed by atoms with van der Waals surface area (Å²) in [6.45, 7) is 9.08. The molecule has 0 bridgehead atoms. The van der Waals surface area contributed by atoms with E-state index in [0.717, 1.165) is 12.8 Å². The summed E-state index contributed by atoms with van der Waals surface area (Å²) in [5.74, 6) is 0.268. The van der Waals surface area contributed by atoms with E-state index in [0.29, 0.717) is 6.54 Å². The lowest BCUT2D eigenvalue weighted by Crippen LogP contribution is -2.30. The van der Waals surface area contributed by atoms with Crippen LogP contribution in [-0.2, 0) is 0 Å². The number of nitrogens with two attached hydrogens (primary N) is 1. The topological polar surface area (TPSA) is 46.2 Å². The highest BCUT2D eigenvalue weighted by Crippen LogP contribution is 2.24. The summed E-state index contributed by atoms with van der Waals surface area (Å²) in [4.78, 5) is 0. The molecule has 12 heavy (non-hydrogen) atoms. The van der Waals surface area contributed by atoms with Crippen molar-refractivity contribution < 1.29 is 5.11 Å². The molecular weight excluding hydrogens is 150 g/mol. The van der Waals surface area contributed by atoms with E-state index in [1.807, 2.05) is 0 Å². The van der Waals surface area contributed by atoms with Crippen LogP contribution in [0.1, 0.15) is 40.5 Å². The van der Waals surface area contributed by atoms with Crippen molar-refractivity contribution in [1.29, 1.82) is 0 Å². The lowest BCUT2D eigenvalue weighted by molar-refractivity contribution is 0.0676. The predicted molar refractivity (Wildman–Crippen MR) is 52.9 cm³/mol. The van der Waals surface area contributed by atoms with Crippen LogP contribution in [0.5, 0.6) is 0 Å². The number of aliphatic hydroxyl groups excluding tert-OH is 1. The molecule has 0 amide bonds. The first-order valence-electron chi connectivity index (χ1n) is 4.79. The van der Waals surface area contributed by atoms with Gasteiger partial charge in [-0.1, -0.05) is 27.7 Å². The third kappa shape index (κ3) is 4.73. The molecule has 3 N–H and O–H groups in total. The second-order valence-corrected chi connectivity index (χ2v) is 4.74. The van der Waals surface area contributed by atoms with Gasteiger partial charge in [0, 0.05) is 0 Å². The van der Waals surface area contributed by atoms with Gasteiger partial charge in [-0.3, -0.25) is 0 Å². The van der Waals surface area contributed by atoms with Crippen molar-refractivity contribution >= 4 is 0 Å². The Kier molecular flexibility index (Phi) is 4.80. The molecule has 0 aromatic rings. The summed E-state index contributed by atoms with van der Waals surface area (Å²) in [6.07, 6.45) is 1.57. The van der Waals surface area contributed by atoms with Gasteiger partial charge in [0.15, 0.2) is 0 Å². The number of hydrogen-bond donors (Lipinski definition) is 2. The fraction of sp³-hybridized carbons (Fsp3) is 1.00. The fourth-order valence-corrected chi connectivity index (χ4v) is 1.39. The molecule has 0 aliphatic rings. The highest BCUT2D eigenvalue weighted by molar-refractivity contribution is 4.74. The third-order valence-corrected chi connectivity index (χ3v) is 2.19. The number of hydrogen-bond acceptors (Lipinski definition) is 2. The summed E-state index contributed by atoms with van der Waals surface area (Å²) in [6, 6.07) is 0. The Hall–Kier alpha value is -0.0800. The second-order valence-electron chi connectivity index (χ2n) is 4.74. The molecule has 0 radical (unpaired) electrons. The second kappa shape index (κ2) is 4.83. The molecule has 2 heteroatoms. The van der Waals surface area contributed by atoms with Crippen LogP contribution in [-0.4, -0.2) is 17.8 Å². The standard InChI is InChI=1S/C10H23NO/c1-5-8(7-11)9(12)6-10(2,3)4/h8-9,12H,5-7,11H2,1-4H3. The summed E-state index contributed by atoms with van der Waals surface area (Å²) in [5.41, 5.74) is 5.74. The Morgan fingerprint density at radius 2 is 1.83 bits per heavy atom. The smallest absolute Gasteiger partial charge is 0.0585 e. The molecule has 0 saturated heterocycles. The van der Waals surface area contributed by atoms with Crippen LogP contribution in [0.3, 0.4) is 0 Å². The highest BCUT2D eigenvalue weighted by atomic mass is 16.3. The molecule has 2 nitrogen and oxygen atoms in total. The first-order valence-corrected chi connectivity index (χ1v) is 4.79. The molecule has 2 unspecified atom stereocenters. The Morgan fingerprint density at radius 3 is 2.08 bits per heavy atom. The Bertz CT molecular complexity index is 113. The van der Waals surface area contributed by atoms with Crippen LogP contribution in [0.2, 0.25) is 0 Å². The van der Waals surface area contributed by atoms with Gasteiger partial charge >= 0.3 is 0 Å². The molecule has 0 aliphatic carbocycles. The lowest BCUT2D eigenvalue weighted by atomic mass is 9.84. The molecule has 0 saturated carbocycles. The summed E-state index contributed by atoms with van der Waals surface area (Å²) < 4.78 is 0. The van der Waals surface area contributed by atoms with Gasteiger partial charge in [-0.25, -0.2) is 0 Å². The minimum absolute atomic E-state index is 0.196. The zero-order chi connectivity index (χ0) is 9.78. The SMILES string of the molecule is CCC(CN)C(O)CC(C)(C)C. The maximum absolute atomic E-state index is 9.76. The van der Waals surface area contributed by atoms with E-state index in [2.05, 4.69) is 27.7 Å². The van der Waals surface area contributed by atoms with Crippen molar-refractivity contribution in [2.24, 2.45) is 17.1 Å². The van der Waals surface area contributed by atoms with Crippen LogP contribution in [0, 0.1) is 11.3 Å². The van der Waals surface area contributed by atoms with Gasteiger partial charge in [0.25, 0.3) is 0 Å². The largest absolute Gasteiger partial charge is 0.393 e. The average molecular weight is 173 g/mol. The van der Waals surface area contributed by atoms with E-state index in [1.165, 1.54) is 0 Å². The average Bonchev–Trinajstić information content (AvgIpc) is 1.85. The van der Waals surface area contributed by atoms with Crippen LogP contribution in [0.4, 0.5) is 0 Å². The molecule has 0 spiro atoms. The predicted octanol–water partition coefficient (Wildman–Crippen LogP) is 1.77. The minimum atomic E-state index is -0.236. The molecule has 0 aromatic carbocycles. The van der Waals surface area contributed by atoms with Gasteiger partial charge in [-0.2, -0.15) is 0 Å². The molecule has 2 atom stereocenters. The van der Waals surface area contributed by atoms with Gasteiger partial charge in [0.2, 0.25) is 0 Å². The monoisotopic (exact) mass is 173 g/mol. The summed E-state index contributed by atoms with van der Waals surface area (Å²) >= 11 is 0. The first-order chi connectivity index (χ1) is 5.40. The fourth-order valence-electron chi connectivity index (χ4n) is 1.39. The Balaban J connectivity index is 3.92. The zero-order valence-electron chi connectivity index (χ0n) is 8.80. The maximum Gasteiger partial charge on any atom is 0.0585 e. The summed E-state index contributed by atoms with van der Waals surface area (Å²) in [5, 5.41) is 9.76. The number of aliphatic hydroxyl groups is 1. The van der Waals surface area contributed by atoms with Gasteiger partial charge in [-0.05, 0) is 30.7 Å². The highest BCUT2D eigenvalue weighted by Gasteiger charge is 2.22. The number of rotatable bonds is 4. The molecule has 0 rings (SSSR count). The van der Waals surface area contributed by atoms with E-state index >= 15 is 0 Å². The van der Waals surface area contributed by atoms with E-state index in [4.69, 9.17) is 5.73 Å². The van der Waals surface area contributed by atoms with Gasteiger partial charge < -0.3 is 10.8 Å². The summed E-state index contributed by atoms with van der Waals surface area (Å²) in [7, 11) is 0. The maximum atomic E-state index is 9.76. The van der Waals surface area contributed by atoms with E-state index in [-0.39, 0.29) is 17.4 Å². The van der Waals surface area contributed by atoms with Crippen molar-refractivity contribution in [3.05, 3.63) is 0 Å². The van der Waals surface area contributed by atoms with Gasteiger partial charge in [0.05, 0.1) is 6.10 Å². The van der Waals surface area contributed by atoms with Crippen LogP contribution in [0.25, 0.3) is 0 Å². The Morgan fingerprint density at radius 1 is 1.33 bits per heavy atom. The molecule has 0 aliphatic heterocycles. The van der Waals surface area contributed by atoms with E-state index in [1.54, 1.807) is 0 Å². The van der Waals surface area contributed by atoms with Crippen molar-refractivity contribution in [1.82, 2.24) is 0 Å². The van der Waals surface area contributed by atoms with Crippen LogP contribution in [0.15, 0.2) is 0 Å². The molecule has 74 valence electrons. The molecule has 0 heterocycles. The van der Waals surface area contributed by atoms with E-state index in [9.17, 15) is 5.11 Å². The lowest BCUT2D eigenvalue weighted by Gasteiger charge is -2.27. The van der Waals surface area contributed by atoms with Gasteiger partial charge in [0.1, 0.15) is 0 Å². The van der Waals surface area contributed by atoms with Crippen LogP contribution < -0.4 is 5.73 Å². The Labute approximate surface area is 76.2 Å². The minimum Gasteiger partial charge on any atom is -0.393 e. The van der Waals surface area contributed by atoms with Gasteiger partial charge in [-0.15, -0.1) is 0 Å². The van der Waals surface area contributed by atoms with Crippen molar-refractivity contribution in [2.45, 2.75) is 46.6 Å². The molecule has 0 aromatic heterocycles. The normalized spacial score (nSPS) is 17.5. The first kappa shape index (κ1) is 11.9. The van der Waals surface area contributed by atoms with Crippen molar-refractivity contribution in [3.8, 4) is 0 Å². The third-order valence-electron chi connectivity index (χ3n) is 2.19. The zero-order valence-corrected chi connectivity index (χ0v) is 8.80. The quantitative estimate of drug-likeness (QED) is 0.680. The van der Waals surface area contributed by atoms with Crippen molar-refractivity contribution in [3.63, 3.8) is 0 Å². The molecule has 0 fully saturated rings.